The first-order chi connectivity index (χ1) is 15.7. The molecule has 1 aliphatic carbocycles. The van der Waals surface area contributed by atoms with E-state index in [0.717, 1.165) is 35.9 Å². The molecule has 1 amide bonds. The van der Waals surface area contributed by atoms with Gasteiger partial charge in [-0.1, -0.05) is 42.1 Å². The molecule has 3 aromatic heterocycles. The van der Waals surface area contributed by atoms with Gasteiger partial charge in [-0.25, -0.2) is 4.98 Å². The molecule has 0 fully saturated rings. The minimum atomic E-state index is -0.121. The highest BCUT2D eigenvalue weighted by Gasteiger charge is 2.23. The summed E-state index contributed by atoms with van der Waals surface area (Å²) in [5.41, 5.74) is 2.37. The number of aryl methyl sites for hydroxylation is 3. The van der Waals surface area contributed by atoms with Gasteiger partial charge in [0, 0.05) is 11.4 Å². The third kappa shape index (κ3) is 4.38. The van der Waals surface area contributed by atoms with Gasteiger partial charge in [-0.15, -0.1) is 11.3 Å². The SMILES string of the molecule is O=C(CSc1nc2sc3c(c2c(=O)n1CCc1ccccc1)CCC3)NCc1ccco1. The van der Waals surface area contributed by atoms with Crippen molar-refractivity contribution in [1.29, 1.82) is 0 Å². The summed E-state index contributed by atoms with van der Waals surface area (Å²) >= 11 is 2.94. The molecule has 3 heterocycles. The lowest BCUT2D eigenvalue weighted by atomic mass is 10.1. The van der Waals surface area contributed by atoms with Gasteiger partial charge in [0.1, 0.15) is 10.6 Å². The molecule has 0 bridgehead atoms. The zero-order valence-electron chi connectivity index (χ0n) is 17.5. The van der Waals surface area contributed by atoms with Crippen LogP contribution in [0.1, 0.15) is 28.2 Å². The number of amides is 1. The summed E-state index contributed by atoms with van der Waals surface area (Å²) in [6.45, 7) is 0.879. The Morgan fingerprint density at radius 1 is 1.19 bits per heavy atom. The standard InChI is InChI=1S/C24H23N3O3S2/c28-20(25-14-17-8-5-13-30-17)15-31-24-26-22-21(18-9-4-10-19(18)32-22)23(29)27(24)12-11-16-6-2-1-3-7-16/h1-3,5-8,13H,4,9-12,14-15H2,(H,25,28). The smallest absolute Gasteiger partial charge is 0.263 e. The van der Waals surface area contributed by atoms with Crippen LogP contribution >= 0.6 is 23.1 Å². The zero-order valence-corrected chi connectivity index (χ0v) is 19.1. The largest absolute Gasteiger partial charge is 0.467 e. The van der Waals surface area contributed by atoms with E-state index in [0.29, 0.717) is 24.0 Å². The summed E-state index contributed by atoms with van der Waals surface area (Å²) in [6, 6.07) is 13.7. The van der Waals surface area contributed by atoms with Crippen molar-refractivity contribution < 1.29 is 9.21 Å². The number of fused-ring (bicyclic) bond motifs is 3. The number of nitrogens with one attached hydrogen (secondary N) is 1. The van der Waals surface area contributed by atoms with E-state index in [9.17, 15) is 9.59 Å². The number of nitrogens with zero attached hydrogens (tertiary/aromatic N) is 2. The molecule has 5 rings (SSSR count). The van der Waals surface area contributed by atoms with Gasteiger partial charge in [-0.3, -0.25) is 14.2 Å². The monoisotopic (exact) mass is 465 g/mol. The van der Waals surface area contributed by atoms with E-state index in [1.807, 2.05) is 24.3 Å². The summed E-state index contributed by atoms with van der Waals surface area (Å²) in [6.07, 6.45) is 5.40. The fourth-order valence-corrected chi connectivity index (χ4v) is 6.19. The van der Waals surface area contributed by atoms with E-state index in [1.165, 1.54) is 27.8 Å². The van der Waals surface area contributed by atoms with Crippen molar-refractivity contribution in [2.75, 3.05) is 5.75 Å². The first-order valence-corrected chi connectivity index (χ1v) is 12.5. The number of thioether (sulfide) groups is 1. The summed E-state index contributed by atoms with van der Waals surface area (Å²) in [4.78, 5) is 32.8. The van der Waals surface area contributed by atoms with Gasteiger partial charge >= 0.3 is 0 Å². The molecule has 0 unspecified atom stereocenters. The molecule has 8 heteroatoms. The van der Waals surface area contributed by atoms with Crippen molar-refractivity contribution in [2.24, 2.45) is 0 Å². The molecule has 0 radical (unpaired) electrons. The molecule has 0 saturated carbocycles. The van der Waals surface area contributed by atoms with E-state index in [2.05, 4.69) is 17.4 Å². The summed E-state index contributed by atoms with van der Waals surface area (Å²) in [7, 11) is 0. The maximum absolute atomic E-state index is 13.5. The minimum absolute atomic E-state index is 0.0174. The lowest BCUT2D eigenvalue weighted by molar-refractivity contribution is -0.118. The first-order valence-electron chi connectivity index (χ1n) is 10.7. The van der Waals surface area contributed by atoms with Gasteiger partial charge in [0.25, 0.3) is 5.56 Å². The van der Waals surface area contributed by atoms with Crippen LogP contribution in [-0.2, 0) is 37.1 Å². The molecule has 0 spiro atoms. The van der Waals surface area contributed by atoms with Crippen molar-refractivity contribution >= 4 is 39.2 Å². The number of hydrogen-bond acceptors (Lipinski definition) is 6. The van der Waals surface area contributed by atoms with Crippen LogP contribution in [0.3, 0.4) is 0 Å². The molecule has 0 aliphatic heterocycles. The van der Waals surface area contributed by atoms with Crippen LogP contribution in [0, 0.1) is 0 Å². The molecule has 1 aliphatic rings. The van der Waals surface area contributed by atoms with Crippen molar-refractivity contribution in [3.05, 3.63) is 80.8 Å². The number of furan rings is 1. The lowest BCUT2D eigenvalue weighted by Crippen LogP contribution is -2.27. The van der Waals surface area contributed by atoms with Crippen molar-refractivity contribution in [2.45, 2.75) is 43.9 Å². The zero-order chi connectivity index (χ0) is 21.9. The summed E-state index contributed by atoms with van der Waals surface area (Å²) in [5, 5.41) is 4.23. The number of benzene rings is 1. The quantitative estimate of drug-likeness (QED) is 0.312. The van der Waals surface area contributed by atoms with E-state index in [-0.39, 0.29) is 17.2 Å². The van der Waals surface area contributed by atoms with Gasteiger partial charge in [0.2, 0.25) is 5.91 Å². The predicted molar refractivity (Wildman–Crippen MR) is 127 cm³/mol. The van der Waals surface area contributed by atoms with E-state index < -0.39 is 0 Å². The summed E-state index contributed by atoms with van der Waals surface area (Å²) < 4.78 is 7.01. The van der Waals surface area contributed by atoms with Gasteiger partial charge in [-0.05, 0) is 48.9 Å². The average Bonchev–Trinajstić information content (AvgIpc) is 3.54. The van der Waals surface area contributed by atoms with Crippen LogP contribution in [0.5, 0.6) is 0 Å². The fraction of sp³-hybridized carbons (Fsp3) is 0.292. The number of rotatable bonds is 8. The second kappa shape index (κ2) is 9.34. The molecule has 164 valence electrons. The molecule has 6 nitrogen and oxygen atoms in total. The number of hydrogen-bond donors (Lipinski definition) is 1. The third-order valence-electron chi connectivity index (χ3n) is 5.63. The fourth-order valence-electron chi connectivity index (χ4n) is 4.03. The maximum atomic E-state index is 13.5. The van der Waals surface area contributed by atoms with Crippen molar-refractivity contribution in [3.8, 4) is 0 Å². The Balaban J connectivity index is 1.39. The van der Waals surface area contributed by atoms with Crippen molar-refractivity contribution in [3.63, 3.8) is 0 Å². The minimum Gasteiger partial charge on any atom is -0.467 e. The van der Waals surface area contributed by atoms with E-state index in [1.54, 1.807) is 28.2 Å². The summed E-state index contributed by atoms with van der Waals surface area (Å²) in [5.74, 6) is 0.773. The highest BCUT2D eigenvalue weighted by Crippen LogP contribution is 2.35. The van der Waals surface area contributed by atoms with Crippen molar-refractivity contribution in [1.82, 2.24) is 14.9 Å². The molecule has 4 aromatic rings. The second-order valence-electron chi connectivity index (χ2n) is 7.77. The van der Waals surface area contributed by atoms with Crippen LogP contribution < -0.4 is 10.9 Å². The number of carbonyl (C=O) groups is 1. The Hall–Kier alpha value is -2.84. The molecular weight excluding hydrogens is 442 g/mol. The Morgan fingerprint density at radius 3 is 2.88 bits per heavy atom. The number of thiophene rings is 1. The van der Waals surface area contributed by atoms with Gasteiger partial charge in [-0.2, -0.15) is 0 Å². The second-order valence-corrected chi connectivity index (χ2v) is 9.80. The molecule has 32 heavy (non-hydrogen) atoms. The van der Waals surface area contributed by atoms with Crippen LogP contribution in [0.2, 0.25) is 0 Å². The van der Waals surface area contributed by atoms with Crippen LogP contribution in [0.25, 0.3) is 10.2 Å². The first kappa shape index (κ1) is 21.0. The molecule has 1 aromatic carbocycles. The van der Waals surface area contributed by atoms with Gasteiger partial charge in [0.15, 0.2) is 5.16 Å². The predicted octanol–water partition coefficient (Wildman–Crippen LogP) is 4.19. The molecule has 0 atom stereocenters. The number of aromatic nitrogens is 2. The van der Waals surface area contributed by atoms with Gasteiger partial charge < -0.3 is 9.73 Å². The van der Waals surface area contributed by atoms with Crippen LogP contribution in [0.15, 0.2) is 63.1 Å². The molecule has 1 N–H and O–H groups in total. The Kier molecular flexibility index (Phi) is 6.14. The Morgan fingerprint density at radius 2 is 2.06 bits per heavy atom. The van der Waals surface area contributed by atoms with Crippen LogP contribution in [-0.4, -0.2) is 21.2 Å². The number of carbonyl (C=O) groups excluding carboxylic acids is 1. The van der Waals surface area contributed by atoms with E-state index >= 15 is 0 Å². The molecular formula is C24H23N3O3S2. The Labute approximate surface area is 193 Å². The topological polar surface area (TPSA) is 77.1 Å². The Bertz CT molecular complexity index is 1290. The normalized spacial score (nSPS) is 12.9. The average molecular weight is 466 g/mol. The maximum Gasteiger partial charge on any atom is 0.263 e. The molecule has 0 saturated heterocycles. The highest BCUT2D eigenvalue weighted by molar-refractivity contribution is 7.99. The third-order valence-corrected chi connectivity index (χ3v) is 7.79. The highest BCUT2D eigenvalue weighted by atomic mass is 32.2. The van der Waals surface area contributed by atoms with E-state index in [4.69, 9.17) is 9.40 Å². The van der Waals surface area contributed by atoms with Gasteiger partial charge in [0.05, 0.1) is 23.9 Å². The lowest BCUT2D eigenvalue weighted by Gasteiger charge is -2.12. The van der Waals surface area contributed by atoms with Crippen LogP contribution in [0.4, 0.5) is 0 Å².